The van der Waals surface area contributed by atoms with E-state index in [9.17, 15) is 0 Å². The van der Waals surface area contributed by atoms with E-state index < -0.39 is 0 Å². The molecular formula is C16H25N3S. The van der Waals surface area contributed by atoms with Gasteiger partial charge < -0.3 is 10.2 Å². The summed E-state index contributed by atoms with van der Waals surface area (Å²) < 4.78 is 0. The summed E-state index contributed by atoms with van der Waals surface area (Å²) in [6.07, 6.45) is 4.74. The van der Waals surface area contributed by atoms with Crippen LogP contribution in [0.3, 0.4) is 0 Å². The van der Waals surface area contributed by atoms with Crippen LogP contribution in [0.15, 0.2) is 12.3 Å². The van der Waals surface area contributed by atoms with Crippen LogP contribution in [0.1, 0.15) is 37.9 Å². The highest BCUT2D eigenvalue weighted by Gasteiger charge is 2.25. The molecule has 110 valence electrons. The van der Waals surface area contributed by atoms with E-state index in [1.807, 2.05) is 0 Å². The Kier molecular flexibility index (Phi) is 4.22. The lowest BCUT2D eigenvalue weighted by Gasteiger charge is -2.37. The average molecular weight is 291 g/mol. The minimum absolute atomic E-state index is 0.705. The van der Waals surface area contributed by atoms with E-state index >= 15 is 0 Å². The number of nitrogens with one attached hydrogen (secondary N) is 1. The van der Waals surface area contributed by atoms with Crippen LogP contribution >= 0.6 is 11.8 Å². The van der Waals surface area contributed by atoms with Gasteiger partial charge in [-0.2, -0.15) is 11.8 Å². The van der Waals surface area contributed by atoms with E-state index in [-0.39, 0.29) is 0 Å². The van der Waals surface area contributed by atoms with Crippen molar-refractivity contribution in [1.29, 1.82) is 0 Å². The SMILES string of the molecule is Cc1cc(N2CC(C)SC(C)C2)c(CNC2CC2)cn1. The lowest BCUT2D eigenvalue weighted by molar-refractivity contribution is 0.673. The molecule has 2 atom stereocenters. The maximum atomic E-state index is 4.50. The summed E-state index contributed by atoms with van der Waals surface area (Å²) in [5.74, 6) is 0. The summed E-state index contributed by atoms with van der Waals surface area (Å²) in [5.41, 5.74) is 3.87. The maximum absolute atomic E-state index is 4.50. The number of hydrogen-bond acceptors (Lipinski definition) is 4. The Bertz CT molecular complexity index is 463. The zero-order valence-electron chi connectivity index (χ0n) is 12.7. The van der Waals surface area contributed by atoms with Gasteiger partial charge in [-0.3, -0.25) is 4.98 Å². The van der Waals surface area contributed by atoms with Gasteiger partial charge >= 0.3 is 0 Å². The van der Waals surface area contributed by atoms with Crippen LogP contribution in [0.25, 0.3) is 0 Å². The largest absolute Gasteiger partial charge is 0.369 e. The molecule has 3 nitrogen and oxygen atoms in total. The first kappa shape index (κ1) is 14.2. The van der Waals surface area contributed by atoms with Crippen LogP contribution in [0.2, 0.25) is 0 Å². The fourth-order valence-corrected chi connectivity index (χ4v) is 4.25. The van der Waals surface area contributed by atoms with Crippen molar-refractivity contribution in [3.63, 3.8) is 0 Å². The molecule has 1 N–H and O–H groups in total. The van der Waals surface area contributed by atoms with Gasteiger partial charge in [0.2, 0.25) is 0 Å². The molecule has 1 aromatic heterocycles. The minimum atomic E-state index is 0.705. The molecule has 3 rings (SSSR count). The van der Waals surface area contributed by atoms with E-state index in [1.165, 1.54) is 24.1 Å². The molecule has 1 saturated carbocycles. The second-order valence-corrected chi connectivity index (χ2v) is 8.15. The van der Waals surface area contributed by atoms with Crippen molar-refractivity contribution in [2.24, 2.45) is 0 Å². The fraction of sp³-hybridized carbons (Fsp3) is 0.688. The molecule has 0 radical (unpaired) electrons. The smallest absolute Gasteiger partial charge is 0.0446 e. The molecular weight excluding hydrogens is 266 g/mol. The monoisotopic (exact) mass is 291 g/mol. The third kappa shape index (κ3) is 3.47. The molecule has 0 bridgehead atoms. The molecule has 1 aliphatic heterocycles. The molecule has 4 heteroatoms. The molecule has 2 aliphatic rings. The summed E-state index contributed by atoms with van der Waals surface area (Å²) >= 11 is 2.11. The number of hydrogen-bond donors (Lipinski definition) is 1. The molecule has 1 aliphatic carbocycles. The third-order valence-electron chi connectivity index (χ3n) is 4.02. The molecule has 0 aromatic carbocycles. The lowest BCUT2D eigenvalue weighted by atomic mass is 10.1. The van der Waals surface area contributed by atoms with Gasteiger partial charge in [-0.15, -0.1) is 0 Å². The quantitative estimate of drug-likeness (QED) is 0.923. The fourth-order valence-electron chi connectivity index (χ4n) is 2.92. The van der Waals surface area contributed by atoms with Crippen molar-refractivity contribution in [2.45, 2.75) is 56.7 Å². The Hall–Kier alpha value is -0.740. The number of aryl methyl sites for hydroxylation is 1. The van der Waals surface area contributed by atoms with Crippen molar-refractivity contribution in [2.75, 3.05) is 18.0 Å². The number of pyridine rings is 1. The zero-order chi connectivity index (χ0) is 14.1. The highest BCUT2D eigenvalue weighted by atomic mass is 32.2. The van der Waals surface area contributed by atoms with E-state index in [0.717, 1.165) is 31.4 Å². The molecule has 1 aromatic rings. The minimum Gasteiger partial charge on any atom is -0.369 e. The Labute approximate surface area is 126 Å². The zero-order valence-corrected chi connectivity index (χ0v) is 13.5. The standard InChI is InChI=1S/C16H25N3S/c1-11-6-16(19-9-12(2)20-13(3)10-19)14(7-17-11)8-18-15-4-5-15/h6-7,12-13,15,18H,4-5,8-10H2,1-3H3. The van der Waals surface area contributed by atoms with Crippen LogP contribution in [-0.4, -0.2) is 34.6 Å². The lowest BCUT2D eigenvalue weighted by Crippen LogP contribution is -2.41. The van der Waals surface area contributed by atoms with E-state index in [2.05, 4.69) is 60.0 Å². The van der Waals surface area contributed by atoms with Crippen molar-refractivity contribution >= 4 is 17.4 Å². The number of aromatic nitrogens is 1. The van der Waals surface area contributed by atoms with Gasteiger partial charge in [0.1, 0.15) is 0 Å². The van der Waals surface area contributed by atoms with Crippen molar-refractivity contribution in [3.05, 3.63) is 23.5 Å². The third-order valence-corrected chi connectivity index (χ3v) is 5.24. The molecule has 1 saturated heterocycles. The number of rotatable bonds is 4. The second kappa shape index (κ2) is 5.94. The van der Waals surface area contributed by atoms with Crippen LogP contribution in [0.5, 0.6) is 0 Å². The van der Waals surface area contributed by atoms with Gasteiger partial charge in [0.15, 0.2) is 0 Å². The topological polar surface area (TPSA) is 28.2 Å². The van der Waals surface area contributed by atoms with Crippen LogP contribution in [0.4, 0.5) is 5.69 Å². The van der Waals surface area contributed by atoms with E-state index in [4.69, 9.17) is 0 Å². The molecule has 20 heavy (non-hydrogen) atoms. The molecule has 2 heterocycles. The van der Waals surface area contributed by atoms with Crippen LogP contribution in [-0.2, 0) is 6.54 Å². The van der Waals surface area contributed by atoms with E-state index in [1.54, 1.807) is 0 Å². The Morgan fingerprint density at radius 3 is 2.65 bits per heavy atom. The maximum Gasteiger partial charge on any atom is 0.0446 e. The van der Waals surface area contributed by atoms with Gasteiger partial charge in [0, 0.05) is 59.3 Å². The summed E-state index contributed by atoms with van der Waals surface area (Å²) in [7, 11) is 0. The number of nitrogens with zero attached hydrogens (tertiary/aromatic N) is 2. The molecule has 2 unspecified atom stereocenters. The second-order valence-electron chi connectivity index (χ2n) is 6.27. The predicted molar refractivity (Wildman–Crippen MR) is 87.6 cm³/mol. The van der Waals surface area contributed by atoms with Gasteiger partial charge in [0.05, 0.1) is 0 Å². The molecule has 0 amide bonds. The predicted octanol–water partition coefficient (Wildman–Crippen LogP) is 2.97. The normalized spacial score (nSPS) is 26.9. The summed E-state index contributed by atoms with van der Waals surface area (Å²) in [5, 5.41) is 5.03. The first-order valence-corrected chi connectivity index (χ1v) is 8.65. The first-order valence-electron chi connectivity index (χ1n) is 7.71. The Balaban J connectivity index is 1.79. The summed E-state index contributed by atoms with van der Waals surface area (Å²) in [6, 6.07) is 3.01. The van der Waals surface area contributed by atoms with Gasteiger partial charge in [-0.05, 0) is 25.8 Å². The van der Waals surface area contributed by atoms with Gasteiger partial charge in [-0.1, -0.05) is 13.8 Å². The van der Waals surface area contributed by atoms with Crippen LogP contribution < -0.4 is 10.2 Å². The summed E-state index contributed by atoms with van der Waals surface area (Å²) in [6.45, 7) is 10.0. The number of thioether (sulfide) groups is 1. The summed E-state index contributed by atoms with van der Waals surface area (Å²) in [4.78, 5) is 7.06. The van der Waals surface area contributed by atoms with Crippen molar-refractivity contribution in [1.82, 2.24) is 10.3 Å². The van der Waals surface area contributed by atoms with Crippen molar-refractivity contribution < 1.29 is 0 Å². The molecule has 0 spiro atoms. The number of anilines is 1. The van der Waals surface area contributed by atoms with Crippen LogP contribution in [0, 0.1) is 6.92 Å². The Morgan fingerprint density at radius 1 is 1.30 bits per heavy atom. The van der Waals surface area contributed by atoms with Gasteiger partial charge in [0.25, 0.3) is 0 Å². The average Bonchev–Trinajstić information content (AvgIpc) is 3.20. The van der Waals surface area contributed by atoms with Crippen molar-refractivity contribution in [3.8, 4) is 0 Å². The highest BCUT2D eigenvalue weighted by molar-refractivity contribution is 8.00. The molecule has 2 fully saturated rings. The van der Waals surface area contributed by atoms with E-state index in [0.29, 0.717) is 10.5 Å². The Morgan fingerprint density at radius 2 is 2.00 bits per heavy atom. The van der Waals surface area contributed by atoms with Gasteiger partial charge in [-0.25, -0.2) is 0 Å². The first-order chi connectivity index (χ1) is 9.61. The highest BCUT2D eigenvalue weighted by Crippen LogP contribution is 2.31.